The minimum atomic E-state index is -1.21. The molecular formula is C9H5ClNNaO5. The maximum atomic E-state index is 11.2. The van der Waals surface area contributed by atoms with Crippen LogP contribution >= 0.6 is 11.6 Å². The summed E-state index contributed by atoms with van der Waals surface area (Å²) in [7, 11) is 0. The molecule has 84 valence electrons. The number of aromatic hydroxyl groups is 1. The van der Waals surface area contributed by atoms with Crippen LogP contribution in [-0.2, 0) is 0 Å². The Balaban J connectivity index is 0.00000144. The van der Waals surface area contributed by atoms with E-state index < -0.39 is 22.0 Å². The first kappa shape index (κ1) is 14.0. The van der Waals surface area contributed by atoms with Gasteiger partial charge in [0.2, 0.25) is 5.75 Å². The summed E-state index contributed by atoms with van der Waals surface area (Å²) in [5.74, 6) is -0.715. The predicted octanol–water partition coefficient (Wildman–Crippen LogP) is 1.41. The Morgan fingerprint density at radius 2 is 2.06 bits per heavy atom. The second-order valence-corrected chi connectivity index (χ2v) is 3.42. The van der Waals surface area contributed by atoms with Gasteiger partial charge < -0.3 is 9.52 Å². The SMILES string of the molecule is O=c1oc2cc(Cl)ccc2c(O)c1[N+](=O)[O-].[NaH]. The van der Waals surface area contributed by atoms with Gasteiger partial charge in [-0.15, -0.1) is 0 Å². The third kappa shape index (κ3) is 2.44. The Labute approximate surface area is 121 Å². The zero-order valence-corrected chi connectivity index (χ0v) is 8.39. The zero-order valence-electron chi connectivity index (χ0n) is 7.64. The van der Waals surface area contributed by atoms with Crippen LogP contribution in [0.2, 0.25) is 5.02 Å². The van der Waals surface area contributed by atoms with Gasteiger partial charge in [0.05, 0.1) is 10.3 Å². The van der Waals surface area contributed by atoms with Gasteiger partial charge in [-0.05, 0) is 12.1 Å². The summed E-state index contributed by atoms with van der Waals surface area (Å²) in [6.45, 7) is 0. The third-order valence-corrected chi connectivity index (χ3v) is 2.24. The van der Waals surface area contributed by atoms with E-state index in [1.807, 2.05) is 0 Å². The first-order valence-corrected chi connectivity index (χ1v) is 4.48. The van der Waals surface area contributed by atoms with E-state index in [-0.39, 0.29) is 40.5 Å². The van der Waals surface area contributed by atoms with Crippen molar-refractivity contribution in [2.75, 3.05) is 0 Å². The number of rotatable bonds is 1. The van der Waals surface area contributed by atoms with Gasteiger partial charge in [-0.2, -0.15) is 0 Å². The van der Waals surface area contributed by atoms with E-state index >= 15 is 0 Å². The molecule has 2 rings (SSSR count). The second kappa shape index (κ2) is 5.05. The minimum absolute atomic E-state index is 0. The van der Waals surface area contributed by atoms with Crippen LogP contribution in [0.3, 0.4) is 0 Å². The zero-order chi connectivity index (χ0) is 11.9. The second-order valence-electron chi connectivity index (χ2n) is 2.98. The van der Waals surface area contributed by atoms with Gasteiger partial charge in [0, 0.05) is 11.1 Å². The van der Waals surface area contributed by atoms with Crippen molar-refractivity contribution in [1.29, 1.82) is 0 Å². The van der Waals surface area contributed by atoms with Crippen LogP contribution in [0.1, 0.15) is 0 Å². The Bertz CT molecular complexity index is 654. The number of hydrogen-bond donors (Lipinski definition) is 1. The molecule has 2 aromatic rings. The average Bonchev–Trinajstić information content (AvgIpc) is 2.15. The van der Waals surface area contributed by atoms with Gasteiger partial charge in [-0.1, -0.05) is 11.6 Å². The molecule has 0 aliphatic rings. The van der Waals surface area contributed by atoms with Crippen molar-refractivity contribution in [1.82, 2.24) is 0 Å². The van der Waals surface area contributed by atoms with E-state index in [4.69, 9.17) is 11.6 Å². The summed E-state index contributed by atoms with van der Waals surface area (Å²) in [5, 5.41) is 20.4. The van der Waals surface area contributed by atoms with Crippen molar-refractivity contribution in [2.24, 2.45) is 0 Å². The molecule has 0 fully saturated rings. The van der Waals surface area contributed by atoms with E-state index in [1.165, 1.54) is 18.2 Å². The summed E-state index contributed by atoms with van der Waals surface area (Å²) in [5.41, 5.74) is -2.19. The van der Waals surface area contributed by atoms with E-state index in [2.05, 4.69) is 4.42 Å². The molecule has 0 bridgehead atoms. The molecule has 17 heavy (non-hydrogen) atoms. The molecule has 0 radical (unpaired) electrons. The number of nitro groups is 1. The number of nitrogens with zero attached hydrogens (tertiary/aromatic N) is 1. The molecule has 0 aliphatic heterocycles. The molecule has 1 heterocycles. The van der Waals surface area contributed by atoms with E-state index in [0.29, 0.717) is 5.02 Å². The first-order chi connectivity index (χ1) is 7.50. The third-order valence-electron chi connectivity index (χ3n) is 2.00. The Morgan fingerprint density at radius 1 is 1.41 bits per heavy atom. The van der Waals surface area contributed by atoms with Crippen LogP contribution in [0, 0.1) is 10.1 Å². The fourth-order valence-corrected chi connectivity index (χ4v) is 1.47. The van der Waals surface area contributed by atoms with Gasteiger partial charge in [-0.3, -0.25) is 10.1 Å². The molecule has 1 aromatic carbocycles. The van der Waals surface area contributed by atoms with Crippen molar-refractivity contribution in [3.63, 3.8) is 0 Å². The molecule has 0 amide bonds. The molecular weight excluding hydrogens is 261 g/mol. The molecule has 0 atom stereocenters. The summed E-state index contributed by atoms with van der Waals surface area (Å²) in [4.78, 5) is 20.7. The number of halogens is 1. The molecule has 6 nitrogen and oxygen atoms in total. The van der Waals surface area contributed by atoms with Crippen molar-refractivity contribution in [2.45, 2.75) is 0 Å². The Hall–Kier alpha value is -1.08. The standard InChI is InChI=1S/C9H4ClNO5.Na.H/c10-4-1-2-5-6(3-4)16-9(13)7(8(5)12)11(14)15;;/h1-3,12H;;. The average molecular weight is 266 g/mol. The molecule has 0 saturated carbocycles. The Morgan fingerprint density at radius 3 is 2.65 bits per heavy atom. The quantitative estimate of drug-likeness (QED) is 0.364. The summed E-state index contributed by atoms with van der Waals surface area (Å²) in [6, 6.07) is 4.05. The fourth-order valence-electron chi connectivity index (χ4n) is 1.31. The van der Waals surface area contributed by atoms with Crippen LogP contribution in [0.5, 0.6) is 5.75 Å². The summed E-state index contributed by atoms with van der Waals surface area (Å²) >= 11 is 5.65. The van der Waals surface area contributed by atoms with Crippen LogP contribution in [-0.4, -0.2) is 39.6 Å². The van der Waals surface area contributed by atoms with Crippen LogP contribution in [0.4, 0.5) is 5.69 Å². The van der Waals surface area contributed by atoms with Gasteiger partial charge in [0.1, 0.15) is 5.58 Å². The van der Waals surface area contributed by atoms with Gasteiger partial charge in [0.25, 0.3) is 0 Å². The Kier molecular flexibility index (Phi) is 4.16. The molecule has 0 spiro atoms. The monoisotopic (exact) mass is 265 g/mol. The molecule has 0 unspecified atom stereocenters. The molecule has 8 heteroatoms. The van der Waals surface area contributed by atoms with Crippen molar-refractivity contribution < 1.29 is 14.4 Å². The summed E-state index contributed by atoms with van der Waals surface area (Å²) < 4.78 is 4.67. The van der Waals surface area contributed by atoms with E-state index in [0.717, 1.165) is 0 Å². The summed E-state index contributed by atoms with van der Waals surface area (Å²) in [6.07, 6.45) is 0. The number of hydrogen-bond acceptors (Lipinski definition) is 5. The predicted molar refractivity (Wildman–Crippen MR) is 63.0 cm³/mol. The molecule has 1 aromatic heterocycles. The molecule has 1 N–H and O–H groups in total. The van der Waals surface area contributed by atoms with Gasteiger partial charge >= 0.3 is 40.9 Å². The van der Waals surface area contributed by atoms with E-state index in [9.17, 15) is 20.0 Å². The van der Waals surface area contributed by atoms with Crippen LogP contribution < -0.4 is 5.63 Å². The van der Waals surface area contributed by atoms with Gasteiger partial charge in [0.15, 0.2) is 0 Å². The number of fused-ring (bicyclic) bond motifs is 1. The van der Waals surface area contributed by atoms with E-state index in [1.54, 1.807) is 0 Å². The molecule has 0 aliphatic carbocycles. The molecule has 0 saturated heterocycles. The topological polar surface area (TPSA) is 93.6 Å². The van der Waals surface area contributed by atoms with Crippen LogP contribution in [0.25, 0.3) is 11.0 Å². The first-order valence-electron chi connectivity index (χ1n) is 4.10. The van der Waals surface area contributed by atoms with Gasteiger partial charge in [-0.25, -0.2) is 4.79 Å². The normalized spacial score (nSPS) is 9.94. The maximum absolute atomic E-state index is 11.2. The fraction of sp³-hybridized carbons (Fsp3) is 0. The number of benzene rings is 1. The van der Waals surface area contributed by atoms with Crippen molar-refractivity contribution in [3.05, 3.63) is 43.8 Å². The van der Waals surface area contributed by atoms with Crippen molar-refractivity contribution in [3.8, 4) is 5.75 Å². The van der Waals surface area contributed by atoms with Crippen LogP contribution in [0.15, 0.2) is 27.4 Å². The van der Waals surface area contributed by atoms with Crippen molar-refractivity contribution >= 4 is 57.8 Å².